The highest BCUT2D eigenvalue weighted by atomic mass is 127. The maximum atomic E-state index is 3.75. The normalized spacial score (nSPS) is 17.9. The van der Waals surface area contributed by atoms with Crippen LogP contribution in [0.15, 0.2) is 48.5 Å². The quantitative estimate of drug-likeness (QED) is 0.679. The molecular formula is C19H22IN. The summed E-state index contributed by atoms with van der Waals surface area (Å²) in [6, 6.07) is 18.1. The predicted octanol–water partition coefficient (Wildman–Crippen LogP) is 5.06. The molecule has 3 rings (SSSR count). The molecule has 0 aromatic heterocycles. The van der Waals surface area contributed by atoms with Gasteiger partial charge in [-0.15, -0.1) is 0 Å². The van der Waals surface area contributed by atoms with Crippen molar-refractivity contribution >= 4 is 22.6 Å². The van der Waals surface area contributed by atoms with Gasteiger partial charge in [0.05, 0.1) is 0 Å². The van der Waals surface area contributed by atoms with Crippen LogP contribution >= 0.6 is 22.6 Å². The third-order valence-electron chi connectivity index (χ3n) is 4.40. The summed E-state index contributed by atoms with van der Waals surface area (Å²) < 4.78 is 1.37. The Morgan fingerprint density at radius 1 is 1.14 bits per heavy atom. The van der Waals surface area contributed by atoms with Gasteiger partial charge < -0.3 is 5.32 Å². The zero-order chi connectivity index (χ0) is 14.7. The summed E-state index contributed by atoms with van der Waals surface area (Å²) in [6.45, 7) is 3.32. The highest BCUT2D eigenvalue weighted by molar-refractivity contribution is 14.1. The number of benzene rings is 2. The molecular weight excluding hydrogens is 369 g/mol. The summed E-state index contributed by atoms with van der Waals surface area (Å²) in [6.07, 6.45) is 3.63. The Hall–Kier alpha value is -0.870. The zero-order valence-electron chi connectivity index (χ0n) is 12.5. The lowest BCUT2D eigenvalue weighted by molar-refractivity contribution is 0.427. The zero-order valence-corrected chi connectivity index (χ0v) is 14.6. The summed E-state index contributed by atoms with van der Waals surface area (Å²) >= 11 is 2.46. The molecule has 0 fully saturated rings. The van der Waals surface area contributed by atoms with Crippen molar-refractivity contribution < 1.29 is 0 Å². The lowest BCUT2D eigenvalue weighted by atomic mass is 9.74. The van der Waals surface area contributed by atoms with Crippen molar-refractivity contribution in [3.8, 4) is 0 Å². The van der Waals surface area contributed by atoms with Gasteiger partial charge in [0.2, 0.25) is 0 Å². The van der Waals surface area contributed by atoms with Gasteiger partial charge >= 0.3 is 0 Å². The molecule has 0 saturated heterocycles. The van der Waals surface area contributed by atoms with Gasteiger partial charge in [-0.2, -0.15) is 0 Å². The van der Waals surface area contributed by atoms with Crippen LogP contribution in [0.4, 0.5) is 0 Å². The maximum absolute atomic E-state index is 3.75. The largest absolute Gasteiger partial charge is 0.310 e. The van der Waals surface area contributed by atoms with E-state index in [0.29, 0.717) is 12.0 Å². The first-order valence-corrected chi connectivity index (χ1v) is 8.93. The van der Waals surface area contributed by atoms with Crippen molar-refractivity contribution in [2.45, 2.75) is 38.1 Å². The summed E-state index contributed by atoms with van der Waals surface area (Å²) in [5.74, 6) is 0.714. The highest BCUT2D eigenvalue weighted by Gasteiger charge is 2.28. The minimum absolute atomic E-state index is 0.469. The van der Waals surface area contributed by atoms with Gasteiger partial charge in [-0.05, 0) is 77.1 Å². The summed E-state index contributed by atoms with van der Waals surface area (Å²) in [5.41, 5.74) is 4.56. The van der Waals surface area contributed by atoms with E-state index in [1.807, 2.05) is 0 Å². The first-order valence-electron chi connectivity index (χ1n) is 7.85. The Bertz CT molecular complexity index is 608. The van der Waals surface area contributed by atoms with Gasteiger partial charge in [-0.25, -0.2) is 0 Å². The fourth-order valence-corrected chi connectivity index (χ4v) is 4.02. The molecule has 1 aliphatic rings. The van der Waals surface area contributed by atoms with E-state index >= 15 is 0 Å². The van der Waals surface area contributed by atoms with Gasteiger partial charge in [0, 0.05) is 9.61 Å². The van der Waals surface area contributed by atoms with E-state index in [4.69, 9.17) is 0 Å². The van der Waals surface area contributed by atoms with Crippen LogP contribution in [-0.2, 0) is 6.42 Å². The van der Waals surface area contributed by atoms with Crippen LogP contribution in [-0.4, -0.2) is 6.54 Å². The number of hydrogen-bond donors (Lipinski definition) is 1. The lowest BCUT2D eigenvalue weighted by Crippen LogP contribution is -2.28. The minimum Gasteiger partial charge on any atom is -0.310 e. The van der Waals surface area contributed by atoms with Crippen molar-refractivity contribution in [3.63, 3.8) is 0 Å². The Balaban J connectivity index is 1.77. The van der Waals surface area contributed by atoms with Gasteiger partial charge in [-0.1, -0.05) is 49.4 Å². The van der Waals surface area contributed by atoms with E-state index in [2.05, 4.69) is 83.4 Å². The number of hydrogen-bond acceptors (Lipinski definition) is 1. The highest BCUT2D eigenvalue weighted by Crippen LogP contribution is 2.41. The van der Waals surface area contributed by atoms with Crippen LogP contribution in [0.25, 0.3) is 0 Å². The van der Waals surface area contributed by atoms with Gasteiger partial charge in [-0.3, -0.25) is 0 Å². The number of nitrogens with one attached hydrogen (secondary N) is 1. The molecule has 0 aliphatic heterocycles. The topological polar surface area (TPSA) is 12.0 Å². The second-order valence-electron chi connectivity index (χ2n) is 5.86. The minimum atomic E-state index is 0.469. The second-order valence-corrected chi connectivity index (χ2v) is 7.03. The lowest BCUT2D eigenvalue weighted by Gasteiger charge is -2.34. The fraction of sp³-hybridized carbons (Fsp3) is 0.368. The molecule has 1 aliphatic carbocycles. The Kier molecular flexibility index (Phi) is 4.96. The van der Waals surface area contributed by atoms with Crippen molar-refractivity contribution in [1.82, 2.24) is 5.32 Å². The van der Waals surface area contributed by atoms with Crippen LogP contribution < -0.4 is 5.32 Å². The Morgan fingerprint density at radius 2 is 1.90 bits per heavy atom. The van der Waals surface area contributed by atoms with E-state index < -0.39 is 0 Å². The van der Waals surface area contributed by atoms with Crippen LogP contribution in [0, 0.1) is 3.57 Å². The van der Waals surface area contributed by atoms with Gasteiger partial charge in [0.15, 0.2) is 0 Å². The van der Waals surface area contributed by atoms with E-state index in [9.17, 15) is 0 Å². The SMILES string of the molecule is CCCNC(CC1Cc2ccccc21)c1ccccc1I. The molecule has 2 atom stereocenters. The first kappa shape index (κ1) is 15.0. The molecule has 21 heavy (non-hydrogen) atoms. The number of halogens is 1. The second kappa shape index (κ2) is 6.93. The maximum Gasteiger partial charge on any atom is 0.0336 e. The third-order valence-corrected chi connectivity index (χ3v) is 5.39. The van der Waals surface area contributed by atoms with Crippen LogP contribution in [0.2, 0.25) is 0 Å². The molecule has 0 amide bonds. The molecule has 2 unspecified atom stereocenters. The molecule has 2 aromatic carbocycles. The molecule has 2 aromatic rings. The molecule has 0 radical (unpaired) electrons. The monoisotopic (exact) mass is 391 g/mol. The predicted molar refractivity (Wildman–Crippen MR) is 97.7 cm³/mol. The van der Waals surface area contributed by atoms with E-state index in [-0.39, 0.29) is 0 Å². The molecule has 110 valence electrons. The van der Waals surface area contributed by atoms with Crippen LogP contribution in [0.5, 0.6) is 0 Å². The summed E-state index contributed by atoms with van der Waals surface area (Å²) in [4.78, 5) is 0. The smallest absolute Gasteiger partial charge is 0.0336 e. The molecule has 1 N–H and O–H groups in total. The first-order chi connectivity index (χ1) is 10.3. The molecule has 2 heteroatoms. The Morgan fingerprint density at radius 3 is 2.67 bits per heavy atom. The van der Waals surface area contributed by atoms with Crippen LogP contribution in [0.1, 0.15) is 48.4 Å². The summed E-state index contributed by atoms with van der Waals surface area (Å²) in [7, 11) is 0. The van der Waals surface area contributed by atoms with Crippen molar-refractivity contribution in [3.05, 3.63) is 68.8 Å². The number of rotatable bonds is 6. The molecule has 0 spiro atoms. The van der Waals surface area contributed by atoms with E-state index in [1.54, 1.807) is 11.1 Å². The van der Waals surface area contributed by atoms with Crippen molar-refractivity contribution in [1.29, 1.82) is 0 Å². The molecule has 0 bridgehead atoms. The average Bonchev–Trinajstić information content (AvgIpc) is 2.49. The molecule has 1 nitrogen and oxygen atoms in total. The number of fused-ring (bicyclic) bond motifs is 1. The summed E-state index contributed by atoms with van der Waals surface area (Å²) in [5, 5.41) is 3.75. The van der Waals surface area contributed by atoms with Gasteiger partial charge in [0.25, 0.3) is 0 Å². The van der Waals surface area contributed by atoms with E-state index in [0.717, 1.165) is 6.54 Å². The Labute approximate surface area is 141 Å². The van der Waals surface area contributed by atoms with Crippen LogP contribution in [0.3, 0.4) is 0 Å². The molecule has 0 saturated carbocycles. The average molecular weight is 391 g/mol. The van der Waals surface area contributed by atoms with Crippen molar-refractivity contribution in [2.24, 2.45) is 0 Å². The van der Waals surface area contributed by atoms with Gasteiger partial charge in [0.1, 0.15) is 0 Å². The fourth-order valence-electron chi connectivity index (χ4n) is 3.25. The van der Waals surface area contributed by atoms with E-state index in [1.165, 1.54) is 28.4 Å². The standard InChI is InChI=1S/C19H22IN/c1-2-11-21-19(17-9-5-6-10-18(17)20)13-15-12-14-7-3-4-8-16(14)15/h3-10,15,19,21H,2,11-13H2,1H3. The van der Waals surface area contributed by atoms with Crippen molar-refractivity contribution in [2.75, 3.05) is 6.54 Å². The third kappa shape index (κ3) is 3.32. The molecule has 0 heterocycles.